The van der Waals surface area contributed by atoms with E-state index in [1.54, 1.807) is 50.6 Å². The molecule has 0 saturated heterocycles. The molecule has 4 nitrogen and oxygen atoms in total. The average molecular weight is 351 g/mol. The number of hydrogen-bond acceptors (Lipinski definition) is 4. The lowest BCUT2D eigenvalue weighted by Gasteiger charge is -2.10. The highest BCUT2D eigenvalue weighted by atomic mass is 79.9. The van der Waals surface area contributed by atoms with Crippen molar-refractivity contribution in [2.75, 3.05) is 21.3 Å². The number of halogens is 1. The Morgan fingerprint density at radius 1 is 0.905 bits per heavy atom. The molecule has 0 radical (unpaired) electrons. The van der Waals surface area contributed by atoms with Gasteiger partial charge in [-0.2, -0.15) is 0 Å². The van der Waals surface area contributed by atoms with Crippen molar-refractivity contribution in [2.24, 2.45) is 0 Å². The largest absolute Gasteiger partial charge is 0.497 e. The first-order chi connectivity index (χ1) is 10.1. The second-order valence-corrected chi connectivity index (χ2v) is 5.10. The fourth-order valence-corrected chi connectivity index (χ4v) is 2.50. The second kappa shape index (κ2) is 6.63. The highest BCUT2D eigenvalue weighted by Gasteiger charge is 2.17. The number of ether oxygens (including phenoxy) is 3. The number of carbonyl (C=O) groups is 1. The van der Waals surface area contributed by atoms with Crippen LogP contribution in [0.25, 0.3) is 0 Å². The summed E-state index contributed by atoms with van der Waals surface area (Å²) in [5.41, 5.74) is 0.989. The third-order valence-corrected chi connectivity index (χ3v) is 3.68. The lowest BCUT2D eigenvalue weighted by Crippen LogP contribution is -2.05. The van der Waals surface area contributed by atoms with Crippen LogP contribution in [0.3, 0.4) is 0 Å². The normalized spacial score (nSPS) is 10.1. The van der Waals surface area contributed by atoms with Gasteiger partial charge >= 0.3 is 0 Å². The Morgan fingerprint density at radius 3 is 2.14 bits per heavy atom. The standard InChI is InChI=1S/C16H15BrO4/c1-19-11-5-7-14(20-2)12(9-11)16(18)10-4-6-15(21-3)13(17)8-10/h4-9H,1-3H3. The fourth-order valence-electron chi connectivity index (χ4n) is 1.95. The quantitative estimate of drug-likeness (QED) is 0.771. The van der Waals surface area contributed by atoms with Gasteiger partial charge in [0.05, 0.1) is 31.4 Å². The van der Waals surface area contributed by atoms with E-state index >= 15 is 0 Å². The van der Waals surface area contributed by atoms with E-state index in [9.17, 15) is 4.79 Å². The summed E-state index contributed by atoms with van der Waals surface area (Å²) in [5.74, 6) is 1.64. The van der Waals surface area contributed by atoms with E-state index in [2.05, 4.69) is 15.9 Å². The highest BCUT2D eigenvalue weighted by Crippen LogP contribution is 2.30. The van der Waals surface area contributed by atoms with Crippen LogP contribution in [0, 0.1) is 0 Å². The van der Waals surface area contributed by atoms with Gasteiger partial charge in [-0.15, -0.1) is 0 Å². The van der Waals surface area contributed by atoms with Crippen molar-refractivity contribution in [2.45, 2.75) is 0 Å². The molecule has 0 bridgehead atoms. The average Bonchev–Trinajstić information content (AvgIpc) is 2.53. The van der Waals surface area contributed by atoms with Crippen LogP contribution in [0.1, 0.15) is 15.9 Å². The van der Waals surface area contributed by atoms with Crippen LogP contribution in [-0.2, 0) is 0 Å². The molecule has 0 unspecified atom stereocenters. The summed E-state index contributed by atoms with van der Waals surface area (Å²) in [6, 6.07) is 10.3. The zero-order valence-corrected chi connectivity index (χ0v) is 13.6. The van der Waals surface area contributed by atoms with Crippen molar-refractivity contribution in [3.63, 3.8) is 0 Å². The van der Waals surface area contributed by atoms with Crippen molar-refractivity contribution < 1.29 is 19.0 Å². The van der Waals surface area contributed by atoms with Gasteiger partial charge < -0.3 is 14.2 Å². The number of benzene rings is 2. The van der Waals surface area contributed by atoms with Crippen molar-refractivity contribution in [3.8, 4) is 17.2 Å². The summed E-state index contributed by atoms with van der Waals surface area (Å²) in [5, 5.41) is 0. The van der Waals surface area contributed by atoms with Crippen molar-refractivity contribution >= 4 is 21.7 Å². The maximum absolute atomic E-state index is 12.6. The maximum atomic E-state index is 12.6. The number of ketones is 1. The molecular weight excluding hydrogens is 336 g/mol. The summed E-state index contributed by atoms with van der Waals surface area (Å²) in [7, 11) is 4.66. The summed E-state index contributed by atoms with van der Waals surface area (Å²) < 4.78 is 16.3. The summed E-state index contributed by atoms with van der Waals surface area (Å²) in [4.78, 5) is 12.6. The topological polar surface area (TPSA) is 44.8 Å². The Morgan fingerprint density at radius 2 is 1.57 bits per heavy atom. The minimum atomic E-state index is -0.144. The molecule has 0 heterocycles. The number of methoxy groups -OCH3 is 3. The van der Waals surface area contributed by atoms with E-state index in [4.69, 9.17) is 14.2 Å². The maximum Gasteiger partial charge on any atom is 0.196 e. The van der Waals surface area contributed by atoms with Crippen molar-refractivity contribution in [3.05, 3.63) is 52.0 Å². The van der Waals surface area contributed by atoms with Gasteiger partial charge in [0, 0.05) is 5.56 Å². The molecule has 2 aromatic rings. The van der Waals surface area contributed by atoms with Crippen LogP contribution in [0.2, 0.25) is 0 Å². The van der Waals surface area contributed by atoms with Crippen LogP contribution in [-0.4, -0.2) is 27.1 Å². The van der Waals surface area contributed by atoms with Gasteiger partial charge in [0.15, 0.2) is 5.78 Å². The molecular formula is C16H15BrO4. The van der Waals surface area contributed by atoms with Crippen LogP contribution in [0.15, 0.2) is 40.9 Å². The Balaban J connectivity index is 2.46. The van der Waals surface area contributed by atoms with Crippen molar-refractivity contribution in [1.29, 1.82) is 0 Å². The van der Waals surface area contributed by atoms with Crippen LogP contribution in [0.4, 0.5) is 0 Å². The molecule has 0 aromatic heterocycles. The van der Waals surface area contributed by atoms with Gasteiger partial charge in [-0.25, -0.2) is 0 Å². The molecule has 0 fully saturated rings. The minimum absolute atomic E-state index is 0.144. The minimum Gasteiger partial charge on any atom is -0.497 e. The third-order valence-electron chi connectivity index (χ3n) is 3.07. The first-order valence-corrected chi connectivity index (χ1v) is 7.00. The molecule has 110 valence electrons. The lowest BCUT2D eigenvalue weighted by molar-refractivity contribution is 0.103. The molecule has 2 aromatic carbocycles. The van der Waals surface area contributed by atoms with Crippen molar-refractivity contribution in [1.82, 2.24) is 0 Å². The molecule has 0 spiro atoms. The van der Waals surface area contributed by atoms with Crippen LogP contribution < -0.4 is 14.2 Å². The molecule has 0 aliphatic rings. The molecule has 0 aliphatic carbocycles. The predicted octanol–water partition coefficient (Wildman–Crippen LogP) is 3.71. The van der Waals surface area contributed by atoms with E-state index in [1.165, 1.54) is 7.11 Å². The SMILES string of the molecule is COc1ccc(OC)c(C(=O)c2ccc(OC)c(Br)c2)c1. The first-order valence-electron chi connectivity index (χ1n) is 6.21. The van der Waals surface area contributed by atoms with Gasteiger partial charge in [-0.3, -0.25) is 4.79 Å². The van der Waals surface area contributed by atoms with Gasteiger partial charge in [0.25, 0.3) is 0 Å². The summed E-state index contributed by atoms with van der Waals surface area (Å²) in [6.45, 7) is 0. The van der Waals surface area contributed by atoms with Crippen LogP contribution >= 0.6 is 15.9 Å². The Kier molecular flexibility index (Phi) is 4.85. The second-order valence-electron chi connectivity index (χ2n) is 4.24. The van der Waals surface area contributed by atoms with Gasteiger partial charge in [0.2, 0.25) is 0 Å². The molecule has 2 rings (SSSR count). The number of hydrogen-bond donors (Lipinski definition) is 0. The van der Waals surface area contributed by atoms with E-state index in [0.717, 1.165) is 4.47 Å². The molecule has 0 saturated carbocycles. The van der Waals surface area contributed by atoms with Gasteiger partial charge in [-0.1, -0.05) is 0 Å². The smallest absolute Gasteiger partial charge is 0.196 e. The number of rotatable bonds is 5. The highest BCUT2D eigenvalue weighted by molar-refractivity contribution is 9.10. The fraction of sp³-hybridized carbons (Fsp3) is 0.188. The van der Waals surface area contributed by atoms with E-state index in [0.29, 0.717) is 28.4 Å². The monoisotopic (exact) mass is 350 g/mol. The first kappa shape index (κ1) is 15.4. The lowest BCUT2D eigenvalue weighted by atomic mass is 10.0. The van der Waals surface area contributed by atoms with Gasteiger partial charge in [0.1, 0.15) is 17.2 Å². The molecule has 0 amide bonds. The predicted molar refractivity (Wildman–Crippen MR) is 83.7 cm³/mol. The number of carbonyl (C=O) groups excluding carboxylic acids is 1. The zero-order chi connectivity index (χ0) is 15.4. The zero-order valence-electron chi connectivity index (χ0n) is 12.0. The van der Waals surface area contributed by atoms with E-state index in [1.807, 2.05) is 0 Å². The summed E-state index contributed by atoms with van der Waals surface area (Å²) in [6.07, 6.45) is 0. The molecule has 0 aliphatic heterocycles. The third kappa shape index (κ3) is 3.19. The molecule has 5 heteroatoms. The molecule has 21 heavy (non-hydrogen) atoms. The Labute approximate surface area is 131 Å². The van der Waals surface area contributed by atoms with Crippen LogP contribution in [0.5, 0.6) is 17.2 Å². The van der Waals surface area contributed by atoms with E-state index in [-0.39, 0.29) is 5.78 Å². The molecule has 0 atom stereocenters. The Hall–Kier alpha value is -2.01. The molecule has 0 N–H and O–H groups in total. The van der Waals surface area contributed by atoms with Gasteiger partial charge in [-0.05, 0) is 52.3 Å². The summed E-state index contributed by atoms with van der Waals surface area (Å²) >= 11 is 3.38. The van der Waals surface area contributed by atoms with E-state index < -0.39 is 0 Å². The Bertz CT molecular complexity index is 667.